The summed E-state index contributed by atoms with van der Waals surface area (Å²) in [6.45, 7) is 6.29. The lowest BCUT2D eigenvalue weighted by atomic mass is 10.1. The Hall–Kier alpha value is -3.29. The highest BCUT2D eigenvalue weighted by Crippen LogP contribution is 2.23. The number of hydrogen-bond acceptors (Lipinski definition) is 6. The average Bonchev–Trinajstić information content (AvgIpc) is 3.32. The Balaban J connectivity index is 1.51. The number of amides is 1. The van der Waals surface area contributed by atoms with Crippen LogP contribution in [-0.2, 0) is 24.2 Å². The number of benzene rings is 1. The highest BCUT2D eigenvalue weighted by Gasteiger charge is 2.17. The number of rotatable bonds is 6. The molecule has 0 aliphatic heterocycles. The molecule has 0 fully saturated rings. The van der Waals surface area contributed by atoms with Crippen molar-refractivity contribution < 1.29 is 9.32 Å². The van der Waals surface area contributed by atoms with Crippen molar-refractivity contribution in [1.29, 1.82) is 0 Å². The molecule has 0 unspecified atom stereocenters. The molecule has 0 aliphatic rings. The van der Waals surface area contributed by atoms with Gasteiger partial charge >= 0.3 is 0 Å². The fourth-order valence-corrected chi connectivity index (χ4v) is 3.55. The zero-order valence-electron chi connectivity index (χ0n) is 17.1. The van der Waals surface area contributed by atoms with Crippen LogP contribution in [0.5, 0.6) is 0 Å². The lowest BCUT2D eigenvalue weighted by molar-refractivity contribution is -0.130. The zero-order valence-corrected chi connectivity index (χ0v) is 17.1. The molecule has 0 spiro atoms. The van der Waals surface area contributed by atoms with E-state index in [1.807, 2.05) is 49.6 Å². The Kier molecular flexibility index (Phi) is 5.00. The van der Waals surface area contributed by atoms with Gasteiger partial charge in [0.15, 0.2) is 11.5 Å². The van der Waals surface area contributed by atoms with Crippen molar-refractivity contribution in [3.05, 3.63) is 52.9 Å². The van der Waals surface area contributed by atoms with Crippen molar-refractivity contribution in [2.75, 3.05) is 7.05 Å². The van der Waals surface area contributed by atoms with Gasteiger partial charge in [-0.05, 0) is 38.0 Å². The van der Waals surface area contributed by atoms with Crippen LogP contribution in [0.25, 0.3) is 16.6 Å². The summed E-state index contributed by atoms with van der Waals surface area (Å²) in [6.07, 6.45) is 1.68. The highest BCUT2D eigenvalue weighted by atomic mass is 16.5. The fraction of sp³-hybridized carbons (Fsp3) is 0.381. The molecule has 0 atom stereocenters. The number of hydrogen-bond donors (Lipinski definition) is 0. The summed E-state index contributed by atoms with van der Waals surface area (Å²) in [5, 5.41) is 9.58. The van der Waals surface area contributed by atoms with Crippen LogP contribution in [-0.4, -0.2) is 42.6 Å². The highest BCUT2D eigenvalue weighted by molar-refractivity contribution is 5.92. The summed E-state index contributed by atoms with van der Waals surface area (Å²) in [6, 6.07) is 7.98. The first-order valence-corrected chi connectivity index (χ1v) is 9.77. The van der Waals surface area contributed by atoms with Crippen molar-refractivity contribution in [3.63, 3.8) is 0 Å². The second-order valence-corrected chi connectivity index (χ2v) is 7.22. The van der Waals surface area contributed by atoms with E-state index in [4.69, 9.17) is 9.51 Å². The van der Waals surface area contributed by atoms with E-state index < -0.39 is 0 Å². The molecule has 29 heavy (non-hydrogen) atoms. The molecule has 8 heteroatoms. The minimum Gasteiger partial charge on any atom is -0.337 e. The topological polar surface area (TPSA) is 89.4 Å². The van der Waals surface area contributed by atoms with Crippen LogP contribution in [0, 0.1) is 13.8 Å². The largest absolute Gasteiger partial charge is 0.337 e. The minimum atomic E-state index is 0.0192. The quantitative estimate of drug-likeness (QED) is 0.501. The van der Waals surface area contributed by atoms with Gasteiger partial charge in [0.25, 0.3) is 0 Å². The molecule has 4 rings (SSSR count). The number of nitrogens with zero attached hydrogens (tertiary/aromatic N) is 6. The van der Waals surface area contributed by atoms with Gasteiger partial charge in [0.2, 0.25) is 11.8 Å². The first-order valence-electron chi connectivity index (χ1n) is 9.77. The second kappa shape index (κ2) is 7.62. The van der Waals surface area contributed by atoms with E-state index in [9.17, 15) is 4.79 Å². The first kappa shape index (κ1) is 19.0. The molecule has 0 aliphatic carbocycles. The van der Waals surface area contributed by atoms with Crippen LogP contribution in [0.4, 0.5) is 0 Å². The van der Waals surface area contributed by atoms with Crippen LogP contribution in [0.2, 0.25) is 0 Å². The molecule has 3 aromatic heterocycles. The van der Waals surface area contributed by atoms with Gasteiger partial charge in [-0.1, -0.05) is 24.2 Å². The van der Waals surface area contributed by atoms with E-state index in [2.05, 4.69) is 15.2 Å². The molecule has 0 radical (unpaired) electrons. The molecule has 150 valence electrons. The van der Waals surface area contributed by atoms with Gasteiger partial charge in [0.05, 0.1) is 12.1 Å². The lowest BCUT2D eigenvalue weighted by Crippen LogP contribution is -2.26. The minimum absolute atomic E-state index is 0.0192. The summed E-state index contributed by atoms with van der Waals surface area (Å²) in [4.78, 5) is 23.3. The molecule has 3 heterocycles. The molecule has 4 aromatic rings. The number of fused-ring (bicyclic) bond motifs is 3. The number of carbonyl (C=O) groups excluding carboxylic acids is 1. The van der Waals surface area contributed by atoms with Crippen molar-refractivity contribution >= 4 is 22.5 Å². The van der Waals surface area contributed by atoms with Crippen LogP contribution in [0.1, 0.15) is 42.0 Å². The maximum Gasteiger partial charge on any atom is 0.246 e. The summed E-state index contributed by atoms with van der Waals surface area (Å²) < 4.78 is 7.06. The van der Waals surface area contributed by atoms with E-state index in [0.717, 1.165) is 33.5 Å². The molecule has 0 bridgehead atoms. The van der Waals surface area contributed by atoms with E-state index in [1.54, 1.807) is 11.9 Å². The van der Waals surface area contributed by atoms with Crippen LogP contribution in [0.3, 0.4) is 0 Å². The molecule has 1 aromatic carbocycles. The van der Waals surface area contributed by atoms with Crippen molar-refractivity contribution in [1.82, 2.24) is 29.6 Å². The first-order chi connectivity index (χ1) is 14.0. The second-order valence-electron chi connectivity index (χ2n) is 7.22. The van der Waals surface area contributed by atoms with Crippen molar-refractivity contribution in [2.24, 2.45) is 0 Å². The van der Waals surface area contributed by atoms with Crippen LogP contribution >= 0.6 is 0 Å². The molecule has 0 saturated carbocycles. The van der Waals surface area contributed by atoms with Gasteiger partial charge in [-0.25, -0.2) is 9.50 Å². The monoisotopic (exact) mass is 392 g/mol. The number of aromatic nitrogens is 5. The molecule has 0 saturated heterocycles. The average molecular weight is 392 g/mol. The third-order valence-corrected chi connectivity index (χ3v) is 5.23. The van der Waals surface area contributed by atoms with Gasteiger partial charge in [-0.3, -0.25) is 4.79 Å². The fourth-order valence-electron chi connectivity index (χ4n) is 3.55. The number of carbonyl (C=O) groups is 1. The Bertz CT molecular complexity index is 1190. The predicted octanol–water partition coefficient (Wildman–Crippen LogP) is 3.04. The van der Waals surface area contributed by atoms with E-state index >= 15 is 0 Å². The number of aryl methyl sites for hydroxylation is 3. The normalized spacial score (nSPS) is 11.4. The third-order valence-electron chi connectivity index (χ3n) is 5.23. The van der Waals surface area contributed by atoms with Crippen LogP contribution < -0.4 is 0 Å². The van der Waals surface area contributed by atoms with Crippen molar-refractivity contribution in [3.8, 4) is 0 Å². The lowest BCUT2D eigenvalue weighted by Gasteiger charge is -2.16. The molecule has 8 nitrogen and oxygen atoms in total. The smallest absolute Gasteiger partial charge is 0.246 e. The van der Waals surface area contributed by atoms with E-state index in [1.165, 1.54) is 0 Å². The Morgan fingerprint density at radius 2 is 2.00 bits per heavy atom. The van der Waals surface area contributed by atoms with Gasteiger partial charge in [0, 0.05) is 36.7 Å². The van der Waals surface area contributed by atoms with Gasteiger partial charge < -0.3 is 9.42 Å². The predicted molar refractivity (Wildman–Crippen MR) is 108 cm³/mol. The Morgan fingerprint density at radius 3 is 2.76 bits per heavy atom. The SMILES string of the molecule is CCc1noc(CN(C)C(=O)CCc2c(C)nc3c4ccccc4nn3c2C)n1. The van der Waals surface area contributed by atoms with Gasteiger partial charge in [-0.15, -0.1) is 0 Å². The zero-order chi connectivity index (χ0) is 20.5. The molecule has 0 N–H and O–H groups in total. The van der Waals surface area contributed by atoms with E-state index in [-0.39, 0.29) is 5.91 Å². The summed E-state index contributed by atoms with van der Waals surface area (Å²) in [5.41, 5.74) is 4.77. The maximum absolute atomic E-state index is 12.6. The van der Waals surface area contributed by atoms with Gasteiger partial charge in [-0.2, -0.15) is 10.1 Å². The molecular formula is C21H24N6O2. The van der Waals surface area contributed by atoms with Crippen molar-refractivity contribution in [2.45, 2.75) is 46.6 Å². The van der Waals surface area contributed by atoms with Gasteiger partial charge in [0.1, 0.15) is 0 Å². The Morgan fingerprint density at radius 1 is 1.21 bits per heavy atom. The summed E-state index contributed by atoms with van der Waals surface area (Å²) in [7, 11) is 1.75. The van der Waals surface area contributed by atoms with E-state index in [0.29, 0.717) is 37.5 Å². The summed E-state index contributed by atoms with van der Waals surface area (Å²) >= 11 is 0. The summed E-state index contributed by atoms with van der Waals surface area (Å²) in [5.74, 6) is 1.13. The standard InChI is InChI=1S/C21H24N6O2/c1-5-18-23-19(29-25-18)12-26(4)20(28)11-10-15-13(2)22-21-16-8-6-7-9-17(16)24-27(21)14(15)3/h6-9H,5,10-12H2,1-4H3. The molecule has 1 amide bonds. The maximum atomic E-state index is 12.6. The third kappa shape index (κ3) is 3.57. The molecular weight excluding hydrogens is 368 g/mol. The Labute approximate surface area is 168 Å². The van der Waals surface area contributed by atoms with Crippen LogP contribution in [0.15, 0.2) is 28.8 Å².